The first-order valence-electron chi connectivity index (χ1n) is 8.15. The minimum absolute atomic E-state index is 0.898. The Kier molecular flexibility index (Phi) is 4.42. The molecule has 4 aliphatic rings. The van der Waals surface area contributed by atoms with Crippen LogP contribution in [0.15, 0.2) is 36.4 Å². The van der Waals surface area contributed by atoms with Gasteiger partial charge >= 0.3 is 5.97 Å². The maximum Gasteiger partial charge on any atom is 0.328 e. The number of benzene rings is 1. The van der Waals surface area contributed by atoms with Crippen LogP contribution < -0.4 is 0 Å². The van der Waals surface area contributed by atoms with Gasteiger partial charge in [0.05, 0.1) is 0 Å². The van der Waals surface area contributed by atoms with Crippen LogP contribution in [0.1, 0.15) is 44.1 Å². The van der Waals surface area contributed by atoms with Crippen LogP contribution in [0.25, 0.3) is 6.08 Å². The predicted molar refractivity (Wildman–Crippen MR) is 84.8 cm³/mol. The molecular weight excluding hydrogens is 260 g/mol. The second-order valence-corrected chi connectivity index (χ2v) is 6.96. The van der Waals surface area contributed by atoms with Gasteiger partial charge in [0.1, 0.15) is 0 Å². The molecule has 0 radical (unpaired) electrons. The van der Waals surface area contributed by atoms with Crippen molar-refractivity contribution in [1.29, 1.82) is 0 Å². The monoisotopic (exact) mass is 284 g/mol. The summed E-state index contributed by atoms with van der Waals surface area (Å²) in [6.45, 7) is 0. The normalized spacial score (nSPS) is 32.8. The molecule has 4 saturated carbocycles. The number of aliphatic carboxylic acids is 1. The molecule has 0 aromatic heterocycles. The molecule has 2 nitrogen and oxygen atoms in total. The highest BCUT2D eigenvalue weighted by Gasteiger charge is 2.41. The first kappa shape index (κ1) is 14.4. The first-order valence-corrected chi connectivity index (χ1v) is 8.15. The molecule has 112 valence electrons. The highest BCUT2D eigenvalue weighted by Crippen LogP contribution is 2.53. The fraction of sp³-hybridized carbons (Fsp3) is 0.526. The Labute approximate surface area is 126 Å². The molecule has 4 fully saturated rings. The largest absolute Gasteiger partial charge is 0.478 e. The van der Waals surface area contributed by atoms with E-state index >= 15 is 0 Å². The number of hydrogen-bond donors (Lipinski definition) is 1. The van der Waals surface area contributed by atoms with Crippen LogP contribution >= 0.6 is 0 Å². The van der Waals surface area contributed by atoms with Crippen molar-refractivity contribution in [2.75, 3.05) is 0 Å². The van der Waals surface area contributed by atoms with Gasteiger partial charge in [-0.1, -0.05) is 30.3 Å². The van der Waals surface area contributed by atoms with Crippen LogP contribution in [0.3, 0.4) is 0 Å². The molecule has 4 bridgehead atoms. The SMILES string of the molecule is C1C2CC3CC1CC(C2)C3.O=C(O)C=Cc1ccccc1. The fourth-order valence-electron chi connectivity index (χ4n) is 4.71. The molecule has 0 heterocycles. The summed E-state index contributed by atoms with van der Waals surface area (Å²) in [7, 11) is 0. The third-order valence-electron chi connectivity index (χ3n) is 5.22. The molecule has 5 rings (SSSR count). The third kappa shape index (κ3) is 3.96. The summed E-state index contributed by atoms with van der Waals surface area (Å²) in [4.78, 5) is 10.1. The van der Waals surface area contributed by atoms with E-state index in [9.17, 15) is 4.79 Å². The number of rotatable bonds is 2. The van der Waals surface area contributed by atoms with E-state index in [-0.39, 0.29) is 0 Å². The summed E-state index contributed by atoms with van der Waals surface area (Å²) in [6.07, 6.45) is 12.3. The maximum absolute atomic E-state index is 10.1. The van der Waals surface area contributed by atoms with Crippen LogP contribution in [0.4, 0.5) is 0 Å². The van der Waals surface area contributed by atoms with Crippen molar-refractivity contribution in [2.45, 2.75) is 38.5 Å². The Balaban J connectivity index is 0.000000126. The van der Waals surface area contributed by atoms with Gasteiger partial charge in [0.2, 0.25) is 0 Å². The van der Waals surface area contributed by atoms with E-state index in [2.05, 4.69) is 0 Å². The summed E-state index contributed by atoms with van der Waals surface area (Å²) in [5.41, 5.74) is 0.898. The minimum atomic E-state index is -0.922. The van der Waals surface area contributed by atoms with Gasteiger partial charge in [-0.25, -0.2) is 4.79 Å². The van der Waals surface area contributed by atoms with Gasteiger partial charge in [0.15, 0.2) is 0 Å². The fourth-order valence-corrected chi connectivity index (χ4v) is 4.71. The third-order valence-corrected chi connectivity index (χ3v) is 5.22. The molecule has 0 unspecified atom stereocenters. The van der Waals surface area contributed by atoms with Crippen LogP contribution in [0.5, 0.6) is 0 Å². The van der Waals surface area contributed by atoms with Crippen molar-refractivity contribution >= 4 is 12.0 Å². The zero-order chi connectivity index (χ0) is 14.7. The minimum Gasteiger partial charge on any atom is -0.478 e. The average molecular weight is 284 g/mol. The van der Waals surface area contributed by atoms with Crippen molar-refractivity contribution < 1.29 is 9.90 Å². The smallest absolute Gasteiger partial charge is 0.328 e. The van der Waals surface area contributed by atoms with E-state index in [4.69, 9.17) is 5.11 Å². The summed E-state index contributed by atoms with van der Waals surface area (Å²) in [6, 6.07) is 9.31. The van der Waals surface area contributed by atoms with Gasteiger partial charge in [0.25, 0.3) is 0 Å². The molecule has 1 aromatic carbocycles. The molecule has 0 spiro atoms. The molecule has 0 saturated heterocycles. The lowest BCUT2D eigenvalue weighted by Gasteiger charge is -2.49. The van der Waals surface area contributed by atoms with Gasteiger partial charge in [-0.05, 0) is 73.8 Å². The molecule has 2 heteroatoms. The van der Waals surface area contributed by atoms with Gasteiger partial charge in [-0.2, -0.15) is 0 Å². The van der Waals surface area contributed by atoms with E-state index in [1.54, 1.807) is 44.6 Å². The van der Waals surface area contributed by atoms with Crippen LogP contribution in [-0.2, 0) is 4.79 Å². The van der Waals surface area contributed by atoms with Crippen molar-refractivity contribution in [1.82, 2.24) is 0 Å². The standard InChI is InChI=1S/C10H16.C9H8O2/c1-7-2-9-4-8(1)5-10(3-7)6-9;10-9(11)7-6-8-4-2-1-3-5-8/h7-10H,1-6H2;1-7H,(H,10,11). The van der Waals surface area contributed by atoms with Crippen molar-refractivity contribution in [3.05, 3.63) is 42.0 Å². The van der Waals surface area contributed by atoms with Gasteiger partial charge in [-0.15, -0.1) is 0 Å². The van der Waals surface area contributed by atoms with E-state index in [0.717, 1.165) is 11.6 Å². The highest BCUT2D eigenvalue weighted by atomic mass is 16.4. The zero-order valence-electron chi connectivity index (χ0n) is 12.4. The quantitative estimate of drug-likeness (QED) is 0.805. The van der Waals surface area contributed by atoms with Crippen LogP contribution in [0, 0.1) is 23.7 Å². The molecule has 1 N–H and O–H groups in total. The molecule has 4 aliphatic carbocycles. The average Bonchev–Trinajstić information content (AvgIpc) is 2.45. The van der Waals surface area contributed by atoms with E-state index in [1.165, 1.54) is 23.7 Å². The lowest BCUT2D eigenvalue weighted by Crippen LogP contribution is -2.38. The van der Waals surface area contributed by atoms with Crippen LogP contribution in [0.2, 0.25) is 0 Å². The van der Waals surface area contributed by atoms with E-state index in [0.29, 0.717) is 0 Å². The molecule has 1 aromatic rings. The highest BCUT2D eigenvalue weighted by molar-refractivity contribution is 5.85. The second kappa shape index (κ2) is 6.46. The predicted octanol–water partition coefficient (Wildman–Crippen LogP) is 4.62. The Morgan fingerprint density at radius 1 is 0.857 bits per heavy atom. The molecule has 0 amide bonds. The van der Waals surface area contributed by atoms with Gasteiger partial charge < -0.3 is 5.11 Å². The van der Waals surface area contributed by atoms with Crippen LogP contribution in [-0.4, -0.2) is 11.1 Å². The summed E-state index contributed by atoms with van der Waals surface area (Å²) in [5, 5.41) is 8.29. The van der Waals surface area contributed by atoms with E-state index in [1.807, 2.05) is 30.3 Å². The van der Waals surface area contributed by atoms with Crippen molar-refractivity contribution in [3.8, 4) is 0 Å². The summed E-state index contributed by atoms with van der Waals surface area (Å²) in [5.74, 6) is 3.79. The second-order valence-electron chi connectivity index (χ2n) is 6.96. The zero-order valence-corrected chi connectivity index (χ0v) is 12.4. The Bertz CT molecular complexity index is 447. The molecular formula is C19H24O2. The summed E-state index contributed by atoms with van der Waals surface area (Å²) < 4.78 is 0. The van der Waals surface area contributed by atoms with E-state index < -0.39 is 5.97 Å². The molecule has 0 aliphatic heterocycles. The van der Waals surface area contributed by atoms with Gasteiger partial charge in [0, 0.05) is 6.08 Å². The van der Waals surface area contributed by atoms with Crippen molar-refractivity contribution in [3.63, 3.8) is 0 Å². The Hall–Kier alpha value is -1.57. The molecule has 0 atom stereocenters. The molecule has 21 heavy (non-hydrogen) atoms. The lowest BCUT2D eigenvalue weighted by atomic mass is 9.56. The summed E-state index contributed by atoms with van der Waals surface area (Å²) >= 11 is 0. The topological polar surface area (TPSA) is 37.3 Å². The number of carboxylic acid groups (broad SMARTS) is 1. The van der Waals surface area contributed by atoms with Gasteiger partial charge in [-0.3, -0.25) is 0 Å². The Morgan fingerprint density at radius 3 is 1.67 bits per heavy atom. The Morgan fingerprint density at radius 2 is 1.29 bits per heavy atom. The number of carbonyl (C=O) groups is 1. The lowest BCUT2D eigenvalue weighted by molar-refractivity contribution is -0.131. The first-order chi connectivity index (χ1) is 10.2. The van der Waals surface area contributed by atoms with Crippen molar-refractivity contribution in [2.24, 2.45) is 23.7 Å². The maximum atomic E-state index is 10.1. The number of carboxylic acids is 1. The number of hydrogen-bond acceptors (Lipinski definition) is 1.